The molecule has 1 atom stereocenters. The number of aromatic nitrogens is 3. The Morgan fingerprint density at radius 2 is 1.88 bits per heavy atom. The molecule has 6 nitrogen and oxygen atoms in total. The SMILES string of the molecule is O=C([C@@H]1CCCN(Cc2ccc(-n3cncn3)cc2)C1)N1CCCC1. The first-order valence-electron chi connectivity index (χ1n) is 9.25. The van der Waals surface area contributed by atoms with E-state index in [0.29, 0.717) is 5.91 Å². The molecule has 0 radical (unpaired) electrons. The minimum Gasteiger partial charge on any atom is -0.342 e. The van der Waals surface area contributed by atoms with E-state index in [1.54, 1.807) is 17.3 Å². The van der Waals surface area contributed by atoms with E-state index in [2.05, 4.69) is 44.1 Å². The number of carbonyl (C=O) groups is 1. The van der Waals surface area contributed by atoms with Crippen LogP contribution in [0.3, 0.4) is 0 Å². The van der Waals surface area contributed by atoms with Crippen molar-refractivity contribution in [2.45, 2.75) is 32.2 Å². The second-order valence-corrected chi connectivity index (χ2v) is 7.11. The van der Waals surface area contributed by atoms with Gasteiger partial charge in [0.05, 0.1) is 11.6 Å². The molecule has 2 aliphatic heterocycles. The Balaban J connectivity index is 1.36. The molecule has 0 spiro atoms. The molecule has 2 aromatic rings. The summed E-state index contributed by atoms with van der Waals surface area (Å²) in [6.45, 7) is 4.79. The van der Waals surface area contributed by atoms with Crippen LogP contribution in [0, 0.1) is 5.92 Å². The average Bonchev–Trinajstić information content (AvgIpc) is 3.36. The van der Waals surface area contributed by atoms with E-state index in [1.165, 1.54) is 18.4 Å². The van der Waals surface area contributed by atoms with E-state index >= 15 is 0 Å². The Labute approximate surface area is 148 Å². The van der Waals surface area contributed by atoms with Gasteiger partial charge in [0, 0.05) is 26.2 Å². The minimum atomic E-state index is 0.182. The summed E-state index contributed by atoms with van der Waals surface area (Å²) in [5.41, 5.74) is 2.29. The van der Waals surface area contributed by atoms with Crippen LogP contribution in [0.15, 0.2) is 36.9 Å². The molecule has 0 N–H and O–H groups in total. The molecule has 1 amide bonds. The molecule has 2 saturated heterocycles. The van der Waals surface area contributed by atoms with Crippen LogP contribution in [0.4, 0.5) is 0 Å². The molecule has 4 rings (SSSR count). The largest absolute Gasteiger partial charge is 0.342 e. The highest BCUT2D eigenvalue weighted by molar-refractivity contribution is 5.79. The monoisotopic (exact) mass is 339 g/mol. The predicted octanol–water partition coefficient (Wildman–Crippen LogP) is 2.10. The maximum absolute atomic E-state index is 12.7. The van der Waals surface area contributed by atoms with Crippen LogP contribution < -0.4 is 0 Å². The topological polar surface area (TPSA) is 54.3 Å². The van der Waals surface area contributed by atoms with E-state index in [0.717, 1.165) is 51.3 Å². The van der Waals surface area contributed by atoms with Gasteiger partial charge >= 0.3 is 0 Å². The third kappa shape index (κ3) is 3.74. The first kappa shape index (κ1) is 16.3. The molecule has 1 aromatic carbocycles. The summed E-state index contributed by atoms with van der Waals surface area (Å²) in [7, 11) is 0. The maximum Gasteiger partial charge on any atom is 0.226 e. The summed E-state index contributed by atoms with van der Waals surface area (Å²) in [6.07, 6.45) is 7.73. The standard InChI is InChI=1S/C19H25N5O/c25-19(23-10-1-2-11-23)17-4-3-9-22(13-17)12-16-5-7-18(8-6-16)24-15-20-14-21-24/h5-8,14-15,17H,1-4,9-13H2/t17-/m1/s1. The Hall–Kier alpha value is -2.21. The van der Waals surface area contributed by atoms with Gasteiger partial charge in [-0.2, -0.15) is 5.10 Å². The number of benzene rings is 1. The molecule has 2 fully saturated rings. The van der Waals surface area contributed by atoms with Crippen LogP contribution in [0.1, 0.15) is 31.2 Å². The van der Waals surface area contributed by atoms with Gasteiger partial charge in [-0.15, -0.1) is 0 Å². The number of amides is 1. The molecular weight excluding hydrogens is 314 g/mol. The summed E-state index contributed by atoms with van der Waals surface area (Å²) in [5, 5.41) is 4.15. The number of likely N-dealkylation sites (tertiary alicyclic amines) is 2. The van der Waals surface area contributed by atoms with Gasteiger partial charge in [-0.25, -0.2) is 9.67 Å². The highest BCUT2D eigenvalue weighted by Gasteiger charge is 2.30. The molecule has 3 heterocycles. The van der Waals surface area contributed by atoms with Crippen LogP contribution in [-0.4, -0.2) is 56.7 Å². The Morgan fingerprint density at radius 3 is 2.60 bits per heavy atom. The van der Waals surface area contributed by atoms with E-state index in [1.807, 2.05) is 0 Å². The van der Waals surface area contributed by atoms with Gasteiger partial charge in [-0.1, -0.05) is 12.1 Å². The van der Waals surface area contributed by atoms with Crippen LogP contribution in [-0.2, 0) is 11.3 Å². The number of hydrogen-bond acceptors (Lipinski definition) is 4. The fourth-order valence-corrected chi connectivity index (χ4v) is 3.95. The minimum absolute atomic E-state index is 0.182. The Kier molecular flexibility index (Phi) is 4.78. The van der Waals surface area contributed by atoms with Crippen molar-refractivity contribution < 1.29 is 4.79 Å². The second kappa shape index (κ2) is 7.35. The van der Waals surface area contributed by atoms with E-state index in [9.17, 15) is 4.79 Å². The number of carbonyl (C=O) groups excluding carboxylic acids is 1. The molecule has 25 heavy (non-hydrogen) atoms. The lowest BCUT2D eigenvalue weighted by Gasteiger charge is -2.34. The summed E-state index contributed by atoms with van der Waals surface area (Å²) in [5.74, 6) is 0.560. The molecule has 6 heteroatoms. The molecule has 0 bridgehead atoms. The van der Waals surface area contributed by atoms with Crippen molar-refractivity contribution in [1.29, 1.82) is 0 Å². The Morgan fingerprint density at radius 1 is 1.08 bits per heavy atom. The van der Waals surface area contributed by atoms with E-state index in [4.69, 9.17) is 0 Å². The molecular formula is C19H25N5O. The average molecular weight is 339 g/mol. The highest BCUT2D eigenvalue weighted by atomic mass is 16.2. The van der Waals surface area contributed by atoms with Crippen LogP contribution in [0.5, 0.6) is 0 Å². The molecule has 0 aliphatic carbocycles. The molecule has 2 aliphatic rings. The van der Waals surface area contributed by atoms with Gasteiger partial charge in [-0.3, -0.25) is 9.69 Å². The van der Waals surface area contributed by atoms with Crippen molar-refractivity contribution in [3.63, 3.8) is 0 Å². The van der Waals surface area contributed by atoms with Crippen LogP contribution >= 0.6 is 0 Å². The number of hydrogen-bond donors (Lipinski definition) is 0. The van der Waals surface area contributed by atoms with Crippen molar-refractivity contribution >= 4 is 5.91 Å². The van der Waals surface area contributed by atoms with Crippen molar-refractivity contribution in [3.05, 3.63) is 42.5 Å². The summed E-state index contributed by atoms with van der Waals surface area (Å²) in [4.78, 5) is 21.1. The van der Waals surface area contributed by atoms with Crippen LogP contribution in [0.25, 0.3) is 5.69 Å². The molecule has 132 valence electrons. The zero-order valence-corrected chi connectivity index (χ0v) is 14.5. The summed E-state index contributed by atoms with van der Waals surface area (Å²) >= 11 is 0. The van der Waals surface area contributed by atoms with E-state index in [-0.39, 0.29) is 5.92 Å². The number of rotatable bonds is 4. The highest BCUT2D eigenvalue weighted by Crippen LogP contribution is 2.22. The maximum atomic E-state index is 12.7. The molecule has 1 aromatic heterocycles. The lowest BCUT2D eigenvalue weighted by atomic mass is 9.96. The first-order valence-corrected chi connectivity index (χ1v) is 9.25. The molecule has 0 unspecified atom stereocenters. The second-order valence-electron chi connectivity index (χ2n) is 7.11. The lowest BCUT2D eigenvalue weighted by molar-refractivity contribution is -0.136. The van der Waals surface area contributed by atoms with Gasteiger partial charge < -0.3 is 4.90 Å². The van der Waals surface area contributed by atoms with Gasteiger partial charge in [-0.05, 0) is 49.9 Å². The van der Waals surface area contributed by atoms with Crippen molar-refractivity contribution in [2.24, 2.45) is 5.92 Å². The first-order chi connectivity index (χ1) is 12.3. The Bertz CT molecular complexity index is 691. The molecule has 0 saturated carbocycles. The van der Waals surface area contributed by atoms with Gasteiger partial charge in [0.15, 0.2) is 0 Å². The predicted molar refractivity (Wildman–Crippen MR) is 95.2 cm³/mol. The normalized spacial score (nSPS) is 21.6. The smallest absolute Gasteiger partial charge is 0.226 e. The van der Waals surface area contributed by atoms with E-state index < -0.39 is 0 Å². The third-order valence-corrected chi connectivity index (χ3v) is 5.30. The third-order valence-electron chi connectivity index (χ3n) is 5.30. The zero-order chi connectivity index (χ0) is 17.1. The zero-order valence-electron chi connectivity index (χ0n) is 14.5. The van der Waals surface area contributed by atoms with Crippen molar-refractivity contribution in [2.75, 3.05) is 26.2 Å². The number of nitrogens with zero attached hydrogens (tertiary/aromatic N) is 5. The van der Waals surface area contributed by atoms with Crippen LogP contribution in [0.2, 0.25) is 0 Å². The van der Waals surface area contributed by atoms with Crippen molar-refractivity contribution in [1.82, 2.24) is 24.6 Å². The van der Waals surface area contributed by atoms with Gasteiger partial charge in [0.2, 0.25) is 5.91 Å². The fraction of sp³-hybridized carbons (Fsp3) is 0.526. The van der Waals surface area contributed by atoms with Gasteiger partial charge in [0.1, 0.15) is 12.7 Å². The van der Waals surface area contributed by atoms with Crippen molar-refractivity contribution in [3.8, 4) is 5.69 Å². The fourth-order valence-electron chi connectivity index (χ4n) is 3.95. The quantitative estimate of drug-likeness (QED) is 0.856. The van der Waals surface area contributed by atoms with Gasteiger partial charge in [0.25, 0.3) is 0 Å². The summed E-state index contributed by atoms with van der Waals surface area (Å²) in [6, 6.07) is 8.42. The number of piperidine rings is 1. The lowest BCUT2D eigenvalue weighted by Crippen LogP contribution is -2.43. The summed E-state index contributed by atoms with van der Waals surface area (Å²) < 4.78 is 1.76.